The van der Waals surface area contributed by atoms with Crippen molar-refractivity contribution in [3.8, 4) is 0 Å². The van der Waals surface area contributed by atoms with Gasteiger partial charge in [-0.2, -0.15) is 0 Å². The Kier molecular flexibility index (Phi) is 7.02. The second kappa shape index (κ2) is 9.02. The average Bonchev–Trinajstić information content (AvgIpc) is 3.02. The zero-order chi connectivity index (χ0) is 16.9. The zero-order valence-electron chi connectivity index (χ0n) is 14.5. The molecule has 2 atom stereocenters. The summed E-state index contributed by atoms with van der Waals surface area (Å²) >= 11 is 0. The average molecular weight is 364 g/mol. The van der Waals surface area contributed by atoms with Crippen molar-refractivity contribution in [1.82, 2.24) is 15.5 Å². The van der Waals surface area contributed by atoms with E-state index in [1.165, 1.54) is 5.57 Å². The molecule has 2 aliphatic rings. The van der Waals surface area contributed by atoms with Gasteiger partial charge < -0.3 is 15.5 Å². The van der Waals surface area contributed by atoms with Gasteiger partial charge in [0.15, 0.2) is 0 Å². The van der Waals surface area contributed by atoms with E-state index in [-0.39, 0.29) is 36.2 Å². The third kappa shape index (κ3) is 4.83. The number of carbonyl (C=O) groups is 2. The Morgan fingerprint density at radius 1 is 1.36 bits per heavy atom. The summed E-state index contributed by atoms with van der Waals surface area (Å²) in [5, 5.41) is 6.26. The van der Waals surface area contributed by atoms with Crippen LogP contribution in [0.25, 0.3) is 0 Å². The monoisotopic (exact) mass is 363 g/mol. The molecule has 5 nitrogen and oxygen atoms in total. The van der Waals surface area contributed by atoms with Crippen LogP contribution in [-0.2, 0) is 9.59 Å². The normalized spacial score (nSPS) is 21.3. The van der Waals surface area contributed by atoms with Crippen LogP contribution in [0, 0.1) is 5.92 Å². The molecule has 0 aromatic heterocycles. The van der Waals surface area contributed by atoms with Gasteiger partial charge in [0.25, 0.3) is 0 Å². The van der Waals surface area contributed by atoms with Crippen molar-refractivity contribution >= 4 is 24.2 Å². The van der Waals surface area contributed by atoms with Gasteiger partial charge in [-0.15, -0.1) is 12.4 Å². The third-order valence-corrected chi connectivity index (χ3v) is 4.93. The Labute approximate surface area is 155 Å². The molecule has 2 N–H and O–H groups in total. The van der Waals surface area contributed by atoms with Crippen LogP contribution < -0.4 is 10.6 Å². The van der Waals surface area contributed by atoms with Crippen LogP contribution in [0.4, 0.5) is 0 Å². The molecule has 1 aromatic carbocycles. The number of likely N-dealkylation sites (tertiary alicyclic amines) is 1. The Bertz CT molecular complexity index is 633. The minimum atomic E-state index is -0.244. The van der Waals surface area contributed by atoms with Crippen molar-refractivity contribution in [3.05, 3.63) is 47.5 Å². The highest BCUT2D eigenvalue weighted by molar-refractivity contribution is 5.89. The topological polar surface area (TPSA) is 61.4 Å². The number of halogens is 1. The summed E-state index contributed by atoms with van der Waals surface area (Å²) in [6.45, 7) is 4.95. The molecule has 0 saturated carbocycles. The molecule has 6 heteroatoms. The highest BCUT2D eigenvalue weighted by Crippen LogP contribution is 2.28. The lowest BCUT2D eigenvalue weighted by atomic mass is 10.1. The molecule has 1 saturated heterocycles. The van der Waals surface area contributed by atoms with Crippen LogP contribution in [0.2, 0.25) is 0 Å². The Morgan fingerprint density at radius 2 is 2.12 bits per heavy atom. The highest BCUT2D eigenvalue weighted by atomic mass is 35.5. The lowest BCUT2D eigenvalue weighted by Crippen LogP contribution is -2.35. The first-order valence-electron chi connectivity index (χ1n) is 8.66. The molecule has 0 spiro atoms. The van der Waals surface area contributed by atoms with Crippen LogP contribution in [-0.4, -0.2) is 42.9 Å². The number of nitrogens with zero attached hydrogens (tertiary/aromatic N) is 1. The lowest BCUT2D eigenvalue weighted by Gasteiger charge is -2.25. The van der Waals surface area contributed by atoms with Gasteiger partial charge in [-0.3, -0.25) is 9.59 Å². The molecule has 3 rings (SSSR count). The number of rotatable bonds is 5. The Hall–Kier alpha value is -1.85. The van der Waals surface area contributed by atoms with Crippen molar-refractivity contribution < 1.29 is 9.59 Å². The molecular weight excluding hydrogens is 338 g/mol. The van der Waals surface area contributed by atoms with Gasteiger partial charge in [0.1, 0.15) is 0 Å². The van der Waals surface area contributed by atoms with E-state index in [2.05, 4.69) is 16.7 Å². The van der Waals surface area contributed by atoms with Gasteiger partial charge in [-0.05, 0) is 25.5 Å². The van der Waals surface area contributed by atoms with Crippen molar-refractivity contribution in [2.75, 3.05) is 26.2 Å². The van der Waals surface area contributed by atoms with E-state index in [4.69, 9.17) is 0 Å². The first kappa shape index (κ1) is 19.5. The maximum absolute atomic E-state index is 12.4. The fourth-order valence-electron chi connectivity index (χ4n) is 3.37. The molecule has 25 heavy (non-hydrogen) atoms. The minimum absolute atomic E-state index is 0. The van der Waals surface area contributed by atoms with Crippen LogP contribution in [0.1, 0.15) is 31.4 Å². The Morgan fingerprint density at radius 3 is 2.80 bits per heavy atom. The fourth-order valence-corrected chi connectivity index (χ4v) is 3.37. The van der Waals surface area contributed by atoms with Gasteiger partial charge in [0.05, 0.1) is 12.0 Å². The first-order chi connectivity index (χ1) is 11.6. The number of amides is 2. The third-order valence-electron chi connectivity index (χ3n) is 4.93. The van der Waals surface area contributed by atoms with Crippen molar-refractivity contribution in [1.29, 1.82) is 0 Å². The summed E-state index contributed by atoms with van der Waals surface area (Å²) in [7, 11) is 0. The standard InChI is InChI=1S/C19H25N3O2.ClH/c1-14(16-5-3-2-4-6-16)22-13-17(11-18(22)23)19(24)21-12-15-7-9-20-10-8-15;/h2-7,14,17,20H,8-13H2,1H3,(H,21,24);1H. The van der Waals surface area contributed by atoms with Gasteiger partial charge in [0, 0.05) is 26.1 Å². The molecule has 0 aliphatic carbocycles. The number of benzene rings is 1. The predicted octanol–water partition coefficient (Wildman–Crippen LogP) is 2.05. The summed E-state index contributed by atoms with van der Waals surface area (Å²) in [5.41, 5.74) is 2.37. The van der Waals surface area contributed by atoms with Gasteiger partial charge in [-0.1, -0.05) is 42.0 Å². The van der Waals surface area contributed by atoms with Crippen molar-refractivity contribution in [2.24, 2.45) is 5.92 Å². The number of hydrogen-bond acceptors (Lipinski definition) is 3. The fraction of sp³-hybridized carbons (Fsp3) is 0.474. The summed E-state index contributed by atoms with van der Waals surface area (Å²) < 4.78 is 0. The van der Waals surface area contributed by atoms with Crippen molar-refractivity contribution in [3.63, 3.8) is 0 Å². The van der Waals surface area contributed by atoms with Crippen LogP contribution >= 0.6 is 12.4 Å². The van der Waals surface area contributed by atoms with E-state index in [9.17, 15) is 9.59 Å². The lowest BCUT2D eigenvalue weighted by molar-refractivity contribution is -0.130. The first-order valence-corrected chi connectivity index (χ1v) is 8.66. The van der Waals surface area contributed by atoms with Gasteiger partial charge in [-0.25, -0.2) is 0 Å². The van der Waals surface area contributed by atoms with Crippen LogP contribution in [0.3, 0.4) is 0 Å². The molecule has 0 bridgehead atoms. The van der Waals surface area contributed by atoms with E-state index in [1.807, 2.05) is 42.2 Å². The van der Waals surface area contributed by atoms with E-state index in [0.717, 1.165) is 25.1 Å². The Balaban J connectivity index is 0.00000225. The smallest absolute Gasteiger partial charge is 0.225 e. The van der Waals surface area contributed by atoms with E-state index < -0.39 is 0 Å². The number of nitrogens with one attached hydrogen (secondary N) is 2. The molecule has 136 valence electrons. The highest BCUT2D eigenvalue weighted by Gasteiger charge is 2.36. The maximum Gasteiger partial charge on any atom is 0.225 e. The zero-order valence-corrected chi connectivity index (χ0v) is 15.3. The number of carbonyl (C=O) groups excluding carboxylic acids is 2. The molecule has 1 aromatic rings. The largest absolute Gasteiger partial charge is 0.352 e. The van der Waals surface area contributed by atoms with Crippen LogP contribution in [0.5, 0.6) is 0 Å². The summed E-state index contributed by atoms with van der Waals surface area (Å²) in [5.74, 6) is -0.191. The second-order valence-electron chi connectivity index (χ2n) is 6.57. The summed E-state index contributed by atoms with van der Waals surface area (Å²) in [6, 6.07) is 9.97. The van der Waals surface area contributed by atoms with E-state index in [1.54, 1.807) is 0 Å². The second-order valence-corrected chi connectivity index (χ2v) is 6.57. The quantitative estimate of drug-likeness (QED) is 0.787. The number of hydrogen-bond donors (Lipinski definition) is 2. The summed E-state index contributed by atoms with van der Waals surface area (Å²) in [6.07, 6.45) is 3.41. The molecule has 2 aliphatic heterocycles. The van der Waals surface area contributed by atoms with E-state index >= 15 is 0 Å². The SMILES string of the molecule is CC(c1ccccc1)N1CC(C(=O)NCC2=CCNCC2)CC1=O.Cl. The summed E-state index contributed by atoms with van der Waals surface area (Å²) in [4.78, 5) is 26.6. The minimum Gasteiger partial charge on any atom is -0.352 e. The molecule has 2 heterocycles. The van der Waals surface area contributed by atoms with E-state index in [0.29, 0.717) is 19.5 Å². The maximum atomic E-state index is 12.4. The predicted molar refractivity (Wildman–Crippen MR) is 101 cm³/mol. The van der Waals surface area contributed by atoms with Crippen LogP contribution in [0.15, 0.2) is 42.0 Å². The van der Waals surface area contributed by atoms with Crippen molar-refractivity contribution in [2.45, 2.75) is 25.8 Å². The molecule has 2 unspecified atom stereocenters. The van der Waals surface area contributed by atoms with Gasteiger partial charge >= 0.3 is 0 Å². The molecular formula is C19H26ClN3O2. The molecule has 0 radical (unpaired) electrons. The van der Waals surface area contributed by atoms with Gasteiger partial charge in [0.2, 0.25) is 11.8 Å². The molecule has 2 amide bonds. The molecule has 1 fully saturated rings.